The number of nitrogens with zero attached hydrogens (tertiary/aromatic N) is 5. The third-order valence-corrected chi connectivity index (χ3v) is 6.04. The first kappa shape index (κ1) is 19.4. The molecule has 0 fully saturated rings. The fourth-order valence-corrected chi connectivity index (χ4v) is 4.24. The predicted octanol–water partition coefficient (Wildman–Crippen LogP) is 3.71. The van der Waals surface area contributed by atoms with E-state index in [9.17, 15) is 9.59 Å². The Morgan fingerprint density at radius 2 is 1.52 bits per heavy atom. The number of hydrogen-bond acceptors (Lipinski definition) is 4. The molecule has 0 saturated heterocycles. The Balaban J connectivity index is 2.07. The van der Waals surface area contributed by atoms with Gasteiger partial charge in [-0.2, -0.15) is 5.10 Å². The van der Waals surface area contributed by atoms with Gasteiger partial charge in [0.05, 0.1) is 22.2 Å². The Labute approximate surface area is 185 Å². The van der Waals surface area contributed by atoms with Crippen molar-refractivity contribution >= 4 is 38.0 Å². The topological polar surface area (TPSA) is 74.7 Å². The van der Waals surface area contributed by atoms with Crippen LogP contribution in [0.15, 0.2) is 68.7 Å². The van der Waals surface area contributed by atoms with Gasteiger partial charge < -0.3 is 0 Å². The largest absolute Gasteiger partial charge is 0.332 e. The van der Waals surface area contributed by atoms with E-state index in [2.05, 4.69) is 15.9 Å². The molecular formula is C23H18BrN5O2. The van der Waals surface area contributed by atoms with E-state index < -0.39 is 5.69 Å². The van der Waals surface area contributed by atoms with E-state index in [1.807, 2.05) is 61.5 Å². The molecular weight excluding hydrogens is 458 g/mol. The van der Waals surface area contributed by atoms with E-state index in [0.29, 0.717) is 16.7 Å². The summed E-state index contributed by atoms with van der Waals surface area (Å²) in [6.07, 6.45) is 0. The minimum Gasteiger partial charge on any atom is -0.280 e. The van der Waals surface area contributed by atoms with Crippen LogP contribution in [0.1, 0.15) is 5.69 Å². The van der Waals surface area contributed by atoms with Crippen molar-refractivity contribution in [3.05, 3.63) is 85.6 Å². The van der Waals surface area contributed by atoms with Crippen LogP contribution in [-0.4, -0.2) is 23.9 Å². The molecule has 7 nitrogen and oxygen atoms in total. The summed E-state index contributed by atoms with van der Waals surface area (Å²) < 4.78 is 5.22. The number of para-hydroxylation sites is 1. The molecule has 0 saturated carbocycles. The molecule has 0 bridgehead atoms. The van der Waals surface area contributed by atoms with Crippen LogP contribution in [0.5, 0.6) is 0 Å². The molecule has 0 aliphatic rings. The molecule has 154 valence electrons. The lowest BCUT2D eigenvalue weighted by Crippen LogP contribution is -2.37. The van der Waals surface area contributed by atoms with Crippen LogP contribution in [0, 0.1) is 6.92 Å². The van der Waals surface area contributed by atoms with Crippen molar-refractivity contribution in [3.8, 4) is 16.8 Å². The van der Waals surface area contributed by atoms with Crippen molar-refractivity contribution in [3.63, 3.8) is 0 Å². The molecule has 0 N–H and O–H groups in total. The second-order valence-electron chi connectivity index (χ2n) is 7.43. The third kappa shape index (κ3) is 2.86. The van der Waals surface area contributed by atoms with Gasteiger partial charge in [0.15, 0.2) is 11.3 Å². The van der Waals surface area contributed by atoms with E-state index in [-0.39, 0.29) is 5.56 Å². The molecule has 0 aliphatic heterocycles. The number of aromatic nitrogens is 5. The maximum Gasteiger partial charge on any atom is 0.332 e. The SMILES string of the molecule is Cc1nn(-c2ccccc2)c2nc3c(c(-c4ccc(Br)cc4)c12)c(=O)n(C)c(=O)n3C. The van der Waals surface area contributed by atoms with E-state index in [4.69, 9.17) is 10.1 Å². The van der Waals surface area contributed by atoms with Gasteiger partial charge in [0.1, 0.15) is 0 Å². The van der Waals surface area contributed by atoms with Crippen LogP contribution in [0.3, 0.4) is 0 Å². The number of hydrogen-bond donors (Lipinski definition) is 0. The summed E-state index contributed by atoms with van der Waals surface area (Å²) in [5.41, 5.74) is 3.31. The first-order valence-corrected chi connectivity index (χ1v) is 10.5. The smallest absolute Gasteiger partial charge is 0.280 e. The fourth-order valence-electron chi connectivity index (χ4n) is 3.97. The number of pyridine rings is 1. The summed E-state index contributed by atoms with van der Waals surface area (Å²) in [4.78, 5) is 30.7. The number of fused-ring (bicyclic) bond motifs is 2. The highest BCUT2D eigenvalue weighted by Gasteiger charge is 2.23. The van der Waals surface area contributed by atoms with Gasteiger partial charge >= 0.3 is 5.69 Å². The summed E-state index contributed by atoms with van der Waals surface area (Å²) in [5, 5.41) is 5.92. The minimum absolute atomic E-state index is 0.329. The Kier molecular flexibility index (Phi) is 4.40. The van der Waals surface area contributed by atoms with Crippen molar-refractivity contribution in [2.45, 2.75) is 6.92 Å². The maximum atomic E-state index is 13.3. The van der Waals surface area contributed by atoms with Crippen molar-refractivity contribution < 1.29 is 0 Å². The van der Waals surface area contributed by atoms with Gasteiger partial charge in [-0.3, -0.25) is 13.9 Å². The van der Waals surface area contributed by atoms with E-state index in [1.165, 1.54) is 11.6 Å². The van der Waals surface area contributed by atoms with Gasteiger partial charge in [-0.05, 0) is 36.8 Å². The lowest BCUT2D eigenvalue weighted by Gasteiger charge is -2.13. The number of aryl methyl sites for hydroxylation is 2. The van der Waals surface area contributed by atoms with Gasteiger partial charge in [0, 0.05) is 24.1 Å². The van der Waals surface area contributed by atoms with Crippen molar-refractivity contribution in [2.75, 3.05) is 0 Å². The summed E-state index contributed by atoms with van der Waals surface area (Å²) >= 11 is 3.47. The molecule has 0 atom stereocenters. The highest BCUT2D eigenvalue weighted by Crippen LogP contribution is 2.36. The molecule has 0 aliphatic carbocycles. The Morgan fingerprint density at radius 1 is 0.839 bits per heavy atom. The molecule has 2 aromatic carbocycles. The monoisotopic (exact) mass is 475 g/mol. The zero-order chi connectivity index (χ0) is 21.9. The predicted molar refractivity (Wildman–Crippen MR) is 125 cm³/mol. The molecule has 0 radical (unpaired) electrons. The lowest BCUT2D eigenvalue weighted by molar-refractivity contribution is 0.708. The Morgan fingerprint density at radius 3 is 2.19 bits per heavy atom. The molecule has 8 heteroatoms. The molecule has 5 rings (SSSR count). The third-order valence-electron chi connectivity index (χ3n) is 5.52. The van der Waals surface area contributed by atoms with Gasteiger partial charge in [0.25, 0.3) is 5.56 Å². The van der Waals surface area contributed by atoms with Gasteiger partial charge in [-0.25, -0.2) is 14.5 Å². The molecule has 3 aromatic heterocycles. The summed E-state index contributed by atoms with van der Waals surface area (Å²) in [5.74, 6) is 0. The van der Waals surface area contributed by atoms with Crippen LogP contribution < -0.4 is 11.2 Å². The summed E-state index contributed by atoms with van der Waals surface area (Å²) in [6, 6.07) is 17.4. The molecule has 31 heavy (non-hydrogen) atoms. The first-order valence-electron chi connectivity index (χ1n) is 9.69. The highest BCUT2D eigenvalue weighted by molar-refractivity contribution is 9.10. The number of halogens is 1. The van der Waals surface area contributed by atoms with Crippen molar-refractivity contribution in [1.82, 2.24) is 23.9 Å². The normalized spacial score (nSPS) is 11.5. The number of rotatable bonds is 2. The summed E-state index contributed by atoms with van der Waals surface area (Å²) in [6.45, 7) is 1.91. The Bertz CT molecular complexity index is 1600. The molecule has 0 unspecified atom stereocenters. The molecule has 0 spiro atoms. The van der Waals surface area contributed by atoms with Crippen molar-refractivity contribution in [1.29, 1.82) is 0 Å². The zero-order valence-electron chi connectivity index (χ0n) is 17.1. The second kappa shape index (κ2) is 7.02. The zero-order valence-corrected chi connectivity index (χ0v) is 18.7. The van der Waals surface area contributed by atoms with E-state index >= 15 is 0 Å². The summed E-state index contributed by atoms with van der Waals surface area (Å²) in [7, 11) is 3.12. The molecule has 3 heterocycles. The molecule has 0 amide bonds. The fraction of sp³-hybridized carbons (Fsp3) is 0.130. The van der Waals surface area contributed by atoms with Crippen LogP contribution >= 0.6 is 15.9 Å². The van der Waals surface area contributed by atoms with E-state index in [1.54, 1.807) is 11.7 Å². The van der Waals surface area contributed by atoms with Crippen LogP contribution in [0.2, 0.25) is 0 Å². The van der Waals surface area contributed by atoms with Crippen LogP contribution in [-0.2, 0) is 14.1 Å². The second-order valence-corrected chi connectivity index (χ2v) is 8.35. The average molecular weight is 476 g/mol. The minimum atomic E-state index is -0.423. The van der Waals surface area contributed by atoms with Crippen LogP contribution in [0.25, 0.3) is 38.9 Å². The van der Waals surface area contributed by atoms with Gasteiger partial charge in [0.2, 0.25) is 0 Å². The maximum absolute atomic E-state index is 13.3. The van der Waals surface area contributed by atoms with Gasteiger partial charge in [-0.1, -0.05) is 46.3 Å². The van der Waals surface area contributed by atoms with E-state index in [0.717, 1.165) is 36.9 Å². The Hall–Kier alpha value is -3.52. The highest BCUT2D eigenvalue weighted by atomic mass is 79.9. The quantitative estimate of drug-likeness (QED) is 0.390. The van der Waals surface area contributed by atoms with Crippen molar-refractivity contribution in [2.24, 2.45) is 14.1 Å². The van der Waals surface area contributed by atoms with Crippen LogP contribution in [0.4, 0.5) is 0 Å². The average Bonchev–Trinajstić information content (AvgIpc) is 3.12. The first-order chi connectivity index (χ1) is 14.9. The molecule has 5 aromatic rings. The lowest BCUT2D eigenvalue weighted by atomic mass is 9.99. The van der Waals surface area contributed by atoms with Gasteiger partial charge in [-0.15, -0.1) is 0 Å². The standard InChI is InChI=1S/C23H18BrN5O2/c1-13-17-18(14-9-11-15(24)12-10-14)19-20(27(2)23(31)28(3)22(19)30)25-21(17)29(26-13)16-7-5-4-6-8-16/h4-12H,1-3H3. The number of benzene rings is 2.